The summed E-state index contributed by atoms with van der Waals surface area (Å²) in [5.41, 5.74) is -1.64. The van der Waals surface area contributed by atoms with Crippen molar-refractivity contribution in [2.45, 2.75) is 109 Å². The lowest BCUT2D eigenvalue weighted by Gasteiger charge is -2.55. The second kappa shape index (κ2) is 8.25. The summed E-state index contributed by atoms with van der Waals surface area (Å²) in [5.74, 6) is -1.09. The maximum Gasteiger partial charge on any atom is 0.462 e. The van der Waals surface area contributed by atoms with Gasteiger partial charge in [0.15, 0.2) is 5.79 Å². The summed E-state index contributed by atoms with van der Waals surface area (Å²) in [5, 5.41) is 0. The van der Waals surface area contributed by atoms with Crippen molar-refractivity contribution in [2.75, 3.05) is 14.2 Å². The Bertz CT molecular complexity index is 531. The maximum atomic E-state index is 13.3. The van der Waals surface area contributed by atoms with E-state index >= 15 is 0 Å². The highest BCUT2D eigenvalue weighted by molar-refractivity contribution is 6.48. The van der Waals surface area contributed by atoms with Crippen LogP contribution in [0, 0.1) is 5.41 Å². The van der Waals surface area contributed by atoms with Gasteiger partial charge in [0, 0.05) is 32.9 Å². The fourth-order valence-electron chi connectivity index (χ4n) is 4.32. The first-order valence-corrected chi connectivity index (χ1v) is 10.6. The summed E-state index contributed by atoms with van der Waals surface area (Å²) < 4.78 is 29.7. The molecule has 2 rings (SSSR count). The van der Waals surface area contributed by atoms with Crippen LogP contribution in [0.25, 0.3) is 0 Å². The first-order valence-electron chi connectivity index (χ1n) is 10.6. The van der Waals surface area contributed by atoms with E-state index in [-0.39, 0.29) is 17.9 Å². The molecule has 1 unspecified atom stereocenters. The van der Waals surface area contributed by atoms with Crippen LogP contribution in [0.4, 0.5) is 0 Å². The van der Waals surface area contributed by atoms with E-state index in [2.05, 4.69) is 6.92 Å². The van der Waals surface area contributed by atoms with E-state index < -0.39 is 29.5 Å². The second-order valence-electron chi connectivity index (χ2n) is 9.66. The molecular formula is C21H39BO6. The molecule has 2 fully saturated rings. The SMILES string of the molecule is CCCCC(B1OC(C)(C)C(C)(C)O1)C1(C(=O)OC(C)C)CC(OC)(OC)C1. The molecule has 162 valence electrons. The van der Waals surface area contributed by atoms with Gasteiger partial charge in [0.05, 0.1) is 22.7 Å². The molecule has 1 saturated carbocycles. The summed E-state index contributed by atoms with van der Waals surface area (Å²) in [4.78, 5) is 13.3. The van der Waals surface area contributed by atoms with Crippen LogP contribution in [0.1, 0.15) is 80.6 Å². The predicted octanol–water partition coefficient (Wildman–Crippen LogP) is 4.36. The lowest BCUT2D eigenvalue weighted by molar-refractivity contribution is -0.298. The van der Waals surface area contributed by atoms with E-state index in [1.165, 1.54) is 0 Å². The Labute approximate surface area is 171 Å². The molecule has 0 N–H and O–H groups in total. The third-order valence-corrected chi connectivity index (χ3v) is 6.84. The van der Waals surface area contributed by atoms with Crippen molar-refractivity contribution in [1.82, 2.24) is 0 Å². The van der Waals surface area contributed by atoms with Gasteiger partial charge in [0.1, 0.15) is 0 Å². The number of unbranched alkanes of at least 4 members (excludes halogenated alkanes) is 1. The lowest BCUT2D eigenvalue weighted by atomic mass is 9.46. The van der Waals surface area contributed by atoms with Crippen LogP contribution in [0.15, 0.2) is 0 Å². The fraction of sp³-hybridized carbons (Fsp3) is 0.952. The molecule has 1 aliphatic carbocycles. The number of methoxy groups -OCH3 is 2. The van der Waals surface area contributed by atoms with Crippen molar-refractivity contribution in [3.05, 3.63) is 0 Å². The molecule has 1 heterocycles. The Hall–Kier alpha value is -0.625. The van der Waals surface area contributed by atoms with Crippen LogP contribution in [-0.2, 0) is 28.3 Å². The van der Waals surface area contributed by atoms with Crippen LogP contribution < -0.4 is 0 Å². The molecule has 1 atom stereocenters. The van der Waals surface area contributed by atoms with Crippen molar-refractivity contribution in [1.29, 1.82) is 0 Å². The first kappa shape index (κ1) is 23.7. The zero-order valence-corrected chi connectivity index (χ0v) is 19.2. The lowest BCUT2D eigenvalue weighted by Crippen LogP contribution is -2.62. The van der Waals surface area contributed by atoms with E-state index in [1.54, 1.807) is 14.2 Å². The van der Waals surface area contributed by atoms with Crippen molar-refractivity contribution in [2.24, 2.45) is 5.41 Å². The Morgan fingerprint density at radius 1 is 1.04 bits per heavy atom. The van der Waals surface area contributed by atoms with Crippen molar-refractivity contribution in [3.63, 3.8) is 0 Å². The largest absolute Gasteiger partial charge is 0.463 e. The summed E-state index contributed by atoms with van der Waals surface area (Å²) in [7, 11) is 2.77. The van der Waals surface area contributed by atoms with Crippen LogP contribution in [0.5, 0.6) is 0 Å². The smallest absolute Gasteiger partial charge is 0.462 e. The van der Waals surface area contributed by atoms with Gasteiger partial charge in [0.2, 0.25) is 0 Å². The molecule has 7 heteroatoms. The summed E-state index contributed by atoms with van der Waals surface area (Å²) in [6, 6.07) is 0. The maximum absolute atomic E-state index is 13.3. The summed E-state index contributed by atoms with van der Waals surface area (Å²) in [6.45, 7) is 14.1. The number of ether oxygens (including phenoxy) is 3. The molecule has 0 spiro atoms. The van der Waals surface area contributed by atoms with Crippen LogP contribution >= 0.6 is 0 Å². The minimum Gasteiger partial charge on any atom is -0.463 e. The average Bonchev–Trinajstić information content (AvgIpc) is 2.76. The topological polar surface area (TPSA) is 63.2 Å². The Morgan fingerprint density at radius 2 is 1.54 bits per heavy atom. The minimum absolute atomic E-state index is 0.127. The van der Waals surface area contributed by atoms with Gasteiger partial charge in [-0.1, -0.05) is 26.2 Å². The van der Waals surface area contributed by atoms with Gasteiger partial charge in [-0.3, -0.25) is 4.79 Å². The molecule has 28 heavy (non-hydrogen) atoms. The molecule has 6 nitrogen and oxygen atoms in total. The molecule has 2 aliphatic rings. The van der Waals surface area contributed by atoms with Crippen molar-refractivity contribution < 1.29 is 28.3 Å². The molecule has 0 aromatic carbocycles. The number of carbonyl (C=O) groups is 1. The van der Waals surface area contributed by atoms with Crippen molar-refractivity contribution in [3.8, 4) is 0 Å². The monoisotopic (exact) mass is 398 g/mol. The highest BCUT2D eigenvalue weighted by Crippen LogP contribution is 2.62. The normalized spacial score (nSPS) is 25.4. The first-order chi connectivity index (χ1) is 12.9. The zero-order valence-electron chi connectivity index (χ0n) is 19.2. The third-order valence-electron chi connectivity index (χ3n) is 6.84. The minimum atomic E-state index is -0.760. The summed E-state index contributed by atoms with van der Waals surface area (Å²) in [6.07, 6.45) is 3.54. The van der Waals surface area contributed by atoms with Gasteiger partial charge in [0.25, 0.3) is 0 Å². The van der Waals surface area contributed by atoms with E-state index in [0.29, 0.717) is 12.8 Å². The summed E-state index contributed by atoms with van der Waals surface area (Å²) >= 11 is 0. The van der Waals surface area contributed by atoms with Gasteiger partial charge in [-0.2, -0.15) is 0 Å². The Kier molecular flexibility index (Phi) is 6.97. The zero-order chi connectivity index (χ0) is 21.4. The Morgan fingerprint density at radius 3 is 1.93 bits per heavy atom. The molecule has 0 aromatic rings. The van der Waals surface area contributed by atoms with E-state index in [4.69, 9.17) is 23.5 Å². The van der Waals surface area contributed by atoms with Gasteiger partial charge in [-0.05, 0) is 41.5 Å². The average molecular weight is 398 g/mol. The molecule has 0 radical (unpaired) electrons. The van der Waals surface area contributed by atoms with Crippen LogP contribution in [-0.4, -0.2) is 50.4 Å². The Balaban J connectivity index is 2.39. The molecule has 1 saturated heterocycles. The highest BCUT2D eigenvalue weighted by Gasteiger charge is 2.69. The predicted molar refractivity (Wildman–Crippen MR) is 109 cm³/mol. The van der Waals surface area contributed by atoms with Crippen molar-refractivity contribution >= 4 is 13.1 Å². The van der Waals surface area contributed by atoms with Gasteiger partial charge >= 0.3 is 13.1 Å². The number of rotatable bonds is 9. The number of esters is 1. The van der Waals surface area contributed by atoms with E-state index in [0.717, 1.165) is 19.3 Å². The van der Waals surface area contributed by atoms with Gasteiger partial charge in [-0.25, -0.2) is 0 Å². The number of hydrogen-bond acceptors (Lipinski definition) is 6. The number of hydrogen-bond donors (Lipinski definition) is 0. The van der Waals surface area contributed by atoms with Gasteiger partial charge < -0.3 is 23.5 Å². The molecule has 0 amide bonds. The fourth-order valence-corrected chi connectivity index (χ4v) is 4.32. The van der Waals surface area contributed by atoms with Gasteiger partial charge in [-0.15, -0.1) is 0 Å². The highest BCUT2D eigenvalue weighted by atomic mass is 16.7. The third kappa shape index (κ3) is 4.14. The van der Waals surface area contributed by atoms with Crippen LogP contribution in [0.3, 0.4) is 0 Å². The van der Waals surface area contributed by atoms with E-state index in [1.807, 2.05) is 41.5 Å². The number of carbonyl (C=O) groups excluding carboxylic acids is 1. The second-order valence-corrected chi connectivity index (χ2v) is 9.66. The quantitative estimate of drug-likeness (QED) is 0.327. The molecular weight excluding hydrogens is 359 g/mol. The standard InChI is InChI=1S/C21H39BO6/c1-10-11-12-16(22-27-18(4,5)19(6,7)28-22)20(17(23)26-15(2)3)13-21(14-20,24-8)25-9/h15-16H,10-14H2,1-9H3. The van der Waals surface area contributed by atoms with Crippen LogP contribution in [0.2, 0.25) is 5.82 Å². The van der Waals surface area contributed by atoms with E-state index in [9.17, 15) is 4.79 Å². The molecule has 1 aliphatic heterocycles. The molecule has 0 bridgehead atoms. The molecule has 0 aromatic heterocycles.